The van der Waals surface area contributed by atoms with Crippen molar-refractivity contribution in [3.05, 3.63) is 100 Å². The van der Waals surface area contributed by atoms with E-state index in [0.717, 1.165) is 19.8 Å². The monoisotopic (exact) mass is 606 g/mol. The Bertz CT molecular complexity index is 1480. The molecule has 0 radical (unpaired) electrons. The Kier molecular flexibility index (Phi) is 7.01. The molecule has 0 aromatic heterocycles. The van der Waals surface area contributed by atoms with Crippen molar-refractivity contribution in [1.29, 1.82) is 0 Å². The lowest BCUT2D eigenvalue weighted by molar-refractivity contribution is -0.163. The molecule has 3 aromatic rings. The minimum atomic E-state index is -2.22. The second kappa shape index (κ2) is 10.2. The molecule has 1 saturated heterocycles. The molecule has 1 amide bonds. The number of fused-ring (bicyclic) bond motifs is 2. The Balaban J connectivity index is 1.89. The van der Waals surface area contributed by atoms with Crippen LogP contribution in [-0.2, 0) is 50.9 Å². The van der Waals surface area contributed by atoms with E-state index >= 15 is 0 Å². The lowest BCUT2D eigenvalue weighted by Gasteiger charge is -2.40. The van der Waals surface area contributed by atoms with Crippen LogP contribution in [0.25, 0.3) is 0 Å². The lowest BCUT2D eigenvalue weighted by atomic mass is 9.62. The summed E-state index contributed by atoms with van der Waals surface area (Å²) in [6.07, 6.45) is -0.493. The zero-order valence-corrected chi connectivity index (χ0v) is 23.7. The Hall–Kier alpha value is -4.02. The van der Waals surface area contributed by atoms with Crippen LogP contribution in [0, 0.1) is 0 Å². The van der Waals surface area contributed by atoms with Gasteiger partial charge in [-0.25, -0.2) is 9.59 Å². The van der Waals surface area contributed by atoms with Gasteiger partial charge in [0.2, 0.25) is 5.54 Å². The molecule has 0 aliphatic carbocycles. The number of para-hydroxylation sites is 1. The van der Waals surface area contributed by atoms with Gasteiger partial charge in [0.25, 0.3) is 5.91 Å². The van der Waals surface area contributed by atoms with Gasteiger partial charge in [-0.15, -0.1) is 0 Å². The third-order valence-electron chi connectivity index (χ3n) is 7.85. The number of hydrogen-bond donors (Lipinski definition) is 1. The topological polar surface area (TPSA) is 111 Å². The van der Waals surface area contributed by atoms with Crippen molar-refractivity contribution >= 4 is 45.4 Å². The lowest BCUT2D eigenvalue weighted by Crippen LogP contribution is -2.65. The van der Waals surface area contributed by atoms with E-state index in [9.17, 15) is 19.2 Å². The molecule has 1 fully saturated rings. The van der Waals surface area contributed by atoms with Gasteiger partial charge in [0, 0.05) is 16.5 Å². The van der Waals surface area contributed by atoms with Gasteiger partial charge in [-0.2, -0.15) is 0 Å². The van der Waals surface area contributed by atoms with Crippen LogP contribution < -0.4 is 10.2 Å². The summed E-state index contributed by atoms with van der Waals surface area (Å²) in [6.45, 7) is 0.161. The zero-order chi connectivity index (χ0) is 28.7. The van der Waals surface area contributed by atoms with Gasteiger partial charge in [-0.1, -0.05) is 72.8 Å². The summed E-state index contributed by atoms with van der Waals surface area (Å²) in [5.41, 5.74) is -3.95. The number of methoxy groups -OCH3 is 3. The Morgan fingerprint density at radius 2 is 1.40 bits per heavy atom. The normalized spacial score (nSPS) is 22.6. The fraction of sp³-hybridized carbons (Fsp3) is 0.267. The molecule has 40 heavy (non-hydrogen) atoms. The molecule has 2 aliphatic rings. The highest BCUT2D eigenvalue weighted by Crippen LogP contribution is 2.61. The molecule has 2 aliphatic heterocycles. The van der Waals surface area contributed by atoms with Crippen LogP contribution in [0.1, 0.15) is 23.1 Å². The molecular formula is C30H27BrN2O7. The standard InChI is InChI=1S/C30H27BrN2O7/c1-38-25(35)28(20-13-8-5-9-14-20)18-29(26(36)39-2,27(37)40-3)32-30(28)21-15-10-16-22(31)23(21)33(24(30)34)17-19-11-6-4-7-12-19/h4-16,32H,17-18H2,1-3H3/t28-,30+/m1/s1. The van der Waals surface area contributed by atoms with Crippen molar-refractivity contribution in [2.45, 2.75) is 29.5 Å². The summed E-state index contributed by atoms with van der Waals surface area (Å²) in [5.74, 6) is -3.33. The van der Waals surface area contributed by atoms with Gasteiger partial charge in [-0.05, 0) is 33.1 Å². The number of hydrogen-bond acceptors (Lipinski definition) is 8. The average Bonchev–Trinajstić information content (AvgIpc) is 3.45. The Morgan fingerprint density at radius 3 is 1.98 bits per heavy atom. The minimum absolute atomic E-state index is 0.161. The van der Waals surface area contributed by atoms with Crippen LogP contribution in [-0.4, -0.2) is 50.7 Å². The fourth-order valence-corrected chi connectivity index (χ4v) is 6.78. The van der Waals surface area contributed by atoms with Crippen molar-refractivity contribution in [2.24, 2.45) is 0 Å². The first kappa shape index (κ1) is 27.5. The number of halogens is 1. The van der Waals surface area contributed by atoms with E-state index in [0.29, 0.717) is 21.3 Å². The van der Waals surface area contributed by atoms with Gasteiger partial charge in [0.15, 0.2) is 0 Å². The molecule has 9 nitrogen and oxygen atoms in total. The van der Waals surface area contributed by atoms with Crippen molar-refractivity contribution in [3.8, 4) is 0 Å². The number of rotatable bonds is 6. The van der Waals surface area contributed by atoms with Crippen molar-refractivity contribution in [2.75, 3.05) is 26.2 Å². The largest absolute Gasteiger partial charge is 0.468 e. The summed E-state index contributed by atoms with van der Waals surface area (Å²) in [6, 6.07) is 23.1. The summed E-state index contributed by atoms with van der Waals surface area (Å²) in [4.78, 5) is 57.7. The van der Waals surface area contributed by atoms with Gasteiger partial charge in [0.1, 0.15) is 11.0 Å². The van der Waals surface area contributed by atoms with Crippen LogP contribution in [0.3, 0.4) is 0 Å². The molecule has 2 atom stereocenters. The average molecular weight is 607 g/mol. The van der Waals surface area contributed by atoms with E-state index < -0.39 is 46.7 Å². The van der Waals surface area contributed by atoms with Crippen LogP contribution in [0.2, 0.25) is 0 Å². The van der Waals surface area contributed by atoms with Crippen LogP contribution >= 0.6 is 15.9 Å². The van der Waals surface area contributed by atoms with Crippen molar-refractivity contribution < 1.29 is 33.4 Å². The van der Waals surface area contributed by atoms with E-state index in [1.807, 2.05) is 30.3 Å². The fourth-order valence-electron chi connectivity index (χ4n) is 6.20. The van der Waals surface area contributed by atoms with Gasteiger partial charge in [-0.3, -0.25) is 14.9 Å². The molecule has 1 spiro atoms. The first-order valence-corrected chi connectivity index (χ1v) is 13.3. The highest BCUT2D eigenvalue weighted by molar-refractivity contribution is 9.10. The van der Waals surface area contributed by atoms with Crippen LogP contribution in [0.15, 0.2) is 83.3 Å². The molecule has 0 bridgehead atoms. The Morgan fingerprint density at radius 1 is 0.825 bits per heavy atom. The second-order valence-electron chi connectivity index (χ2n) is 9.72. The number of benzene rings is 3. The zero-order valence-electron chi connectivity index (χ0n) is 22.1. The highest BCUT2D eigenvalue weighted by Gasteiger charge is 2.79. The van der Waals surface area contributed by atoms with E-state index in [2.05, 4.69) is 21.2 Å². The molecule has 0 unspecified atom stereocenters. The molecule has 3 aromatic carbocycles. The number of amides is 1. The second-order valence-corrected chi connectivity index (χ2v) is 10.6. The van der Waals surface area contributed by atoms with E-state index in [1.165, 1.54) is 7.11 Å². The number of ether oxygens (including phenoxy) is 3. The molecule has 5 rings (SSSR count). The number of anilines is 1. The number of carbonyl (C=O) groups is 4. The molecule has 1 N–H and O–H groups in total. The summed E-state index contributed by atoms with van der Waals surface area (Å²) < 4.78 is 16.1. The number of nitrogens with zero attached hydrogens (tertiary/aromatic N) is 1. The highest BCUT2D eigenvalue weighted by atomic mass is 79.9. The summed E-state index contributed by atoms with van der Waals surface area (Å²) in [5, 5.41) is 3.07. The van der Waals surface area contributed by atoms with Gasteiger partial charge in [0.05, 0.1) is 33.6 Å². The maximum Gasteiger partial charge on any atom is 0.337 e. The van der Waals surface area contributed by atoms with E-state index in [-0.39, 0.29) is 6.54 Å². The minimum Gasteiger partial charge on any atom is -0.468 e. The first-order valence-electron chi connectivity index (χ1n) is 12.5. The molecular weight excluding hydrogens is 580 g/mol. The van der Waals surface area contributed by atoms with E-state index in [1.54, 1.807) is 53.4 Å². The molecule has 0 saturated carbocycles. The SMILES string of the molecule is COC(=O)C1(C(=O)OC)C[C@](C(=O)OC)(c2ccccc2)[C@@]2(N1)C(=O)N(Cc1ccccc1)c1c(Br)cccc12. The Labute approximate surface area is 239 Å². The number of nitrogens with one attached hydrogen (secondary N) is 1. The predicted molar refractivity (Wildman–Crippen MR) is 148 cm³/mol. The van der Waals surface area contributed by atoms with Gasteiger partial charge >= 0.3 is 17.9 Å². The van der Waals surface area contributed by atoms with Gasteiger partial charge < -0.3 is 19.1 Å². The maximum atomic E-state index is 15.0. The molecule has 2 heterocycles. The van der Waals surface area contributed by atoms with E-state index in [4.69, 9.17) is 14.2 Å². The molecule has 206 valence electrons. The number of carbonyl (C=O) groups excluding carboxylic acids is 4. The summed E-state index contributed by atoms with van der Waals surface area (Å²) in [7, 11) is 3.47. The quantitative estimate of drug-likeness (QED) is 0.258. The van der Waals surface area contributed by atoms with Crippen LogP contribution in [0.4, 0.5) is 5.69 Å². The first-order chi connectivity index (χ1) is 19.2. The smallest absolute Gasteiger partial charge is 0.337 e. The third kappa shape index (κ3) is 3.62. The van der Waals surface area contributed by atoms with Crippen molar-refractivity contribution in [1.82, 2.24) is 5.32 Å². The van der Waals surface area contributed by atoms with Crippen molar-refractivity contribution in [3.63, 3.8) is 0 Å². The third-order valence-corrected chi connectivity index (χ3v) is 8.49. The van der Waals surface area contributed by atoms with Crippen LogP contribution in [0.5, 0.6) is 0 Å². The predicted octanol–water partition coefficient (Wildman–Crippen LogP) is 3.38. The maximum absolute atomic E-state index is 15.0. The molecule has 10 heteroatoms. The summed E-state index contributed by atoms with van der Waals surface area (Å²) >= 11 is 3.60. The number of esters is 3.